The Morgan fingerprint density at radius 1 is 0.812 bits per heavy atom. The molecule has 0 aliphatic rings. The minimum Gasteiger partial charge on any atom is -0.378 e. The second-order valence-electron chi connectivity index (χ2n) is 7.03. The van der Waals surface area contributed by atoms with Gasteiger partial charge in [0, 0.05) is 50.9 Å². The lowest BCUT2D eigenvalue weighted by atomic mass is 10.2. The lowest BCUT2D eigenvalue weighted by Crippen LogP contribution is -2.17. The third-order valence-corrected chi connectivity index (χ3v) is 6.33. The molecule has 32 heavy (non-hydrogen) atoms. The van der Waals surface area contributed by atoms with Crippen LogP contribution in [0.15, 0.2) is 53.5 Å². The lowest BCUT2D eigenvalue weighted by molar-refractivity contribution is -0.114. The van der Waals surface area contributed by atoms with E-state index in [4.69, 9.17) is 5.26 Å². The molecule has 2 amide bonds. The first kappa shape index (κ1) is 25.1. The maximum atomic E-state index is 12.2. The zero-order valence-corrected chi connectivity index (χ0v) is 20.1. The molecular formula is C22H26N6O2S2. The summed E-state index contributed by atoms with van der Waals surface area (Å²) in [5, 5.41) is 14.5. The topological polar surface area (TPSA) is 101 Å². The van der Waals surface area contributed by atoms with Gasteiger partial charge in [0.05, 0.1) is 11.5 Å². The SMILES string of the molecule is CN(C)c1ccc(NC(=O)CSC(=NC#N)SCC(=O)Nc2ccc(N(C)C)cc2)cc1. The zero-order valence-electron chi connectivity index (χ0n) is 18.5. The van der Waals surface area contributed by atoms with Crippen LogP contribution >= 0.6 is 23.5 Å². The minimum atomic E-state index is -0.218. The summed E-state index contributed by atoms with van der Waals surface area (Å²) in [4.78, 5) is 32.1. The number of hydrogen-bond acceptors (Lipinski definition) is 8. The van der Waals surface area contributed by atoms with E-state index in [9.17, 15) is 9.59 Å². The first-order valence-electron chi connectivity index (χ1n) is 9.65. The number of thioether (sulfide) groups is 2. The quantitative estimate of drug-likeness (QED) is 0.345. The highest BCUT2D eigenvalue weighted by atomic mass is 32.2. The molecule has 2 N–H and O–H groups in total. The van der Waals surface area contributed by atoms with Crippen molar-refractivity contribution in [1.29, 1.82) is 5.26 Å². The van der Waals surface area contributed by atoms with Crippen molar-refractivity contribution in [2.45, 2.75) is 0 Å². The van der Waals surface area contributed by atoms with Crippen molar-refractivity contribution in [3.05, 3.63) is 48.5 Å². The van der Waals surface area contributed by atoms with Crippen LogP contribution in [0.1, 0.15) is 0 Å². The van der Waals surface area contributed by atoms with Gasteiger partial charge in [-0.2, -0.15) is 10.3 Å². The Morgan fingerprint density at radius 2 is 1.19 bits per heavy atom. The lowest BCUT2D eigenvalue weighted by Gasteiger charge is -2.13. The number of aliphatic imine (C=N–C) groups is 1. The third-order valence-electron chi connectivity index (χ3n) is 4.13. The standard InChI is InChI=1S/C22H26N6O2S2/c1-27(2)18-9-5-16(6-10-18)25-20(29)13-31-22(24-15-23)32-14-21(30)26-17-7-11-19(12-8-17)28(3)4/h5-12H,13-14H2,1-4H3,(H,25,29)(H,26,30). The molecule has 0 saturated carbocycles. The molecule has 0 aliphatic carbocycles. The van der Waals surface area contributed by atoms with E-state index in [2.05, 4.69) is 15.6 Å². The van der Waals surface area contributed by atoms with Gasteiger partial charge in [-0.1, -0.05) is 23.5 Å². The summed E-state index contributed by atoms with van der Waals surface area (Å²) >= 11 is 2.24. The van der Waals surface area contributed by atoms with Crippen LogP contribution in [-0.2, 0) is 9.59 Å². The molecule has 2 rings (SSSR count). The number of nitrogens with one attached hydrogen (secondary N) is 2. The highest BCUT2D eigenvalue weighted by molar-refractivity contribution is 8.39. The molecule has 0 saturated heterocycles. The molecule has 0 fully saturated rings. The van der Waals surface area contributed by atoms with Crippen molar-refractivity contribution in [3.8, 4) is 6.19 Å². The molecule has 0 unspecified atom stereocenters. The molecule has 0 bridgehead atoms. The molecule has 0 atom stereocenters. The van der Waals surface area contributed by atoms with Crippen molar-refractivity contribution in [1.82, 2.24) is 0 Å². The summed E-state index contributed by atoms with van der Waals surface area (Å²) in [6.07, 6.45) is 1.72. The van der Waals surface area contributed by atoms with Crippen molar-refractivity contribution in [2.75, 3.05) is 60.1 Å². The Kier molecular flexibility index (Phi) is 9.91. The molecule has 0 heterocycles. The van der Waals surface area contributed by atoms with Crippen LogP contribution in [0.3, 0.4) is 0 Å². The van der Waals surface area contributed by atoms with Crippen LogP contribution in [0.2, 0.25) is 0 Å². The Balaban J connectivity index is 1.80. The van der Waals surface area contributed by atoms with Crippen LogP contribution in [0, 0.1) is 11.5 Å². The molecule has 168 valence electrons. The largest absolute Gasteiger partial charge is 0.378 e. The number of benzene rings is 2. The van der Waals surface area contributed by atoms with Gasteiger partial charge in [-0.3, -0.25) is 9.59 Å². The number of amides is 2. The average Bonchev–Trinajstić information content (AvgIpc) is 2.76. The molecular weight excluding hydrogens is 444 g/mol. The Morgan fingerprint density at radius 3 is 1.50 bits per heavy atom. The average molecular weight is 471 g/mol. The molecule has 2 aromatic carbocycles. The van der Waals surface area contributed by atoms with Gasteiger partial charge in [0.2, 0.25) is 18.0 Å². The van der Waals surface area contributed by atoms with Gasteiger partial charge in [-0.05, 0) is 48.5 Å². The van der Waals surface area contributed by atoms with Gasteiger partial charge in [0.1, 0.15) is 4.38 Å². The maximum Gasteiger partial charge on any atom is 0.234 e. The summed E-state index contributed by atoms with van der Waals surface area (Å²) in [5.41, 5.74) is 3.44. The predicted molar refractivity (Wildman–Crippen MR) is 137 cm³/mol. The van der Waals surface area contributed by atoms with E-state index in [1.54, 1.807) is 6.19 Å². The summed E-state index contributed by atoms with van der Waals surface area (Å²) < 4.78 is 0.365. The number of carbonyl (C=O) groups excluding carboxylic acids is 2. The summed E-state index contributed by atoms with van der Waals surface area (Å²) in [7, 11) is 7.77. The van der Waals surface area contributed by atoms with E-state index < -0.39 is 0 Å². The van der Waals surface area contributed by atoms with Crippen molar-refractivity contribution in [3.63, 3.8) is 0 Å². The van der Waals surface area contributed by atoms with Crippen LogP contribution in [-0.4, -0.2) is 55.9 Å². The number of rotatable bonds is 8. The molecule has 8 nitrogen and oxygen atoms in total. The van der Waals surface area contributed by atoms with Gasteiger partial charge in [0.25, 0.3) is 0 Å². The van der Waals surface area contributed by atoms with Crippen LogP contribution in [0.25, 0.3) is 0 Å². The Hall–Kier alpha value is -3.16. The van der Waals surface area contributed by atoms with Crippen molar-refractivity contribution < 1.29 is 9.59 Å². The predicted octanol–water partition coefficient (Wildman–Crippen LogP) is 3.70. The summed E-state index contributed by atoms with van der Waals surface area (Å²) in [5.74, 6) is -0.277. The van der Waals surface area contributed by atoms with Gasteiger partial charge < -0.3 is 20.4 Å². The summed E-state index contributed by atoms with van der Waals surface area (Å²) in [6, 6.07) is 14.9. The van der Waals surface area contributed by atoms with E-state index in [1.165, 1.54) is 0 Å². The molecule has 0 spiro atoms. The third kappa shape index (κ3) is 8.53. The number of anilines is 4. The highest BCUT2D eigenvalue weighted by Crippen LogP contribution is 2.20. The zero-order chi connectivity index (χ0) is 23.5. The smallest absolute Gasteiger partial charge is 0.234 e. The van der Waals surface area contributed by atoms with Crippen LogP contribution in [0.4, 0.5) is 22.7 Å². The Labute approximate surface area is 197 Å². The number of nitriles is 1. The molecule has 10 heteroatoms. The van der Waals surface area contributed by atoms with Gasteiger partial charge in [-0.15, -0.1) is 0 Å². The number of carbonyl (C=O) groups is 2. The molecule has 0 radical (unpaired) electrons. The number of nitrogens with zero attached hydrogens (tertiary/aromatic N) is 4. The van der Waals surface area contributed by atoms with Crippen LogP contribution < -0.4 is 20.4 Å². The second kappa shape index (κ2) is 12.6. The fourth-order valence-electron chi connectivity index (χ4n) is 2.48. The van der Waals surface area contributed by atoms with E-state index in [-0.39, 0.29) is 23.3 Å². The van der Waals surface area contributed by atoms with Crippen molar-refractivity contribution >= 4 is 62.5 Å². The van der Waals surface area contributed by atoms with Crippen LogP contribution in [0.5, 0.6) is 0 Å². The van der Waals surface area contributed by atoms with Gasteiger partial charge >= 0.3 is 0 Å². The fourth-order valence-corrected chi connectivity index (χ4v) is 4.03. The van der Waals surface area contributed by atoms with E-state index in [0.717, 1.165) is 34.9 Å². The molecule has 0 aromatic heterocycles. The monoisotopic (exact) mass is 470 g/mol. The fraction of sp³-hybridized carbons (Fsp3) is 0.273. The highest BCUT2D eigenvalue weighted by Gasteiger charge is 2.11. The Bertz CT molecular complexity index is 911. The van der Waals surface area contributed by atoms with Gasteiger partial charge in [-0.25, -0.2) is 0 Å². The first-order chi connectivity index (χ1) is 15.3. The molecule has 0 aliphatic heterocycles. The summed E-state index contributed by atoms with van der Waals surface area (Å²) in [6.45, 7) is 0. The van der Waals surface area contributed by atoms with E-state index in [0.29, 0.717) is 15.8 Å². The first-order valence-corrected chi connectivity index (χ1v) is 11.6. The molecule has 2 aromatic rings. The normalized spacial score (nSPS) is 9.97. The maximum absolute atomic E-state index is 12.2. The number of hydrogen-bond donors (Lipinski definition) is 2. The van der Waals surface area contributed by atoms with E-state index >= 15 is 0 Å². The van der Waals surface area contributed by atoms with Crippen molar-refractivity contribution in [2.24, 2.45) is 4.99 Å². The minimum absolute atomic E-state index is 0.0799. The second-order valence-corrected chi connectivity index (χ2v) is 9.22. The van der Waals surface area contributed by atoms with Gasteiger partial charge in [0.15, 0.2) is 0 Å². The van der Waals surface area contributed by atoms with E-state index in [1.807, 2.05) is 86.5 Å².